The molecule has 4 rings (SSSR count). The van der Waals surface area contributed by atoms with Crippen LogP contribution in [0.5, 0.6) is 0 Å². The topological polar surface area (TPSA) is 85.8 Å². The smallest absolute Gasteiger partial charge is 0.255 e. The molecule has 1 aliphatic carbocycles. The Kier molecular flexibility index (Phi) is 4.30. The molecule has 1 amide bonds. The highest BCUT2D eigenvalue weighted by Crippen LogP contribution is 2.34. The number of carbonyl (C=O) groups is 1. The molecule has 0 saturated heterocycles. The third kappa shape index (κ3) is 3.25. The molecule has 0 spiro atoms. The van der Waals surface area contributed by atoms with Gasteiger partial charge in [0, 0.05) is 24.7 Å². The Morgan fingerprint density at radius 2 is 2.19 bits per heavy atom. The second-order valence-electron chi connectivity index (χ2n) is 7.39. The number of hydrogen-bond donors (Lipinski definition) is 1. The van der Waals surface area contributed by atoms with Crippen molar-refractivity contribution in [1.82, 2.24) is 25.2 Å². The van der Waals surface area contributed by atoms with E-state index in [1.807, 2.05) is 33.9 Å². The molecule has 3 aromatic rings. The minimum absolute atomic E-state index is 0.0117. The Balaban J connectivity index is 1.54. The van der Waals surface area contributed by atoms with E-state index in [2.05, 4.69) is 32.7 Å². The number of nitrogens with one attached hydrogen (secondary N) is 1. The molecule has 1 unspecified atom stereocenters. The SMILES string of the molecule is Cc1nn(C)cc1C(=O)NC1CCc2cc(-c3noc(C(C)C)n3)ccc21. The van der Waals surface area contributed by atoms with Crippen molar-refractivity contribution in [3.05, 3.63) is 52.7 Å². The lowest BCUT2D eigenvalue weighted by molar-refractivity contribution is 0.0936. The molecule has 0 radical (unpaired) electrons. The first-order valence-electron chi connectivity index (χ1n) is 9.20. The maximum atomic E-state index is 12.6. The molecule has 0 aliphatic heterocycles. The summed E-state index contributed by atoms with van der Waals surface area (Å²) in [7, 11) is 1.82. The number of amides is 1. The van der Waals surface area contributed by atoms with Crippen molar-refractivity contribution in [3.8, 4) is 11.4 Å². The second-order valence-corrected chi connectivity index (χ2v) is 7.39. The van der Waals surface area contributed by atoms with E-state index in [-0.39, 0.29) is 17.9 Å². The van der Waals surface area contributed by atoms with Crippen LogP contribution in [-0.2, 0) is 13.5 Å². The van der Waals surface area contributed by atoms with Crippen molar-refractivity contribution in [2.75, 3.05) is 0 Å². The fourth-order valence-electron chi connectivity index (χ4n) is 3.55. The van der Waals surface area contributed by atoms with Crippen molar-refractivity contribution >= 4 is 5.91 Å². The van der Waals surface area contributed by atoms with Gasteiger partial charge in [-0.05, 0) is 37.0 Å². The summed E-state index contributed by atoms with van der Waals surface area (Å²) >= 11 is 0. The Labute approximate surface area is 157 Å². The van der Waals surface area contributed by atoms with Crippen LogP contribution in [0, 0.1) is 6.92 Å². The van der Waals surface area contributed by atoms with E-state index in [9.17, 15) is 4.79 Å². The van der Waals surface area contributed by atoms with E-state index < -0.39 is 0 Å². The summed E-state index contributed by atoms with van der Waals surface area (Å²) in [5.74, 6) is 1.38. The molecule has 1 N–H and O–H groups in total. The predicted molar refractivity (Wildman–Crippen MR) is 100 cm³/mol. The monoisotopic (exact) mass is 365 g/mol. The van der Waals surface area contributed by atoms with Gasteiger partial charge in [0.2, 0.25) is 11.7 Å². The van der Waals surface area contributed by atoms with Gasteiger partial charge in [0.15, 0.2) is 0 Å². The van der Waals surface area contributed by atoms with Gasteiger partial charge < -0.3 is 9.84 Å². The van der Waals surface area contributed by atoms with Crippen LogP contribution >= 0.6 is 0 Å². The molecule has 0 bridgehead atoms. The molecule has 7 nitrogen and oxygen atoms in total. The Morgan fingerprint density at radius 1 is 1.37 bits per heavy atom. The zero-order chi connectivity index (χ0) is 19.1. The third-order valence-corrected chi connectivity index (χ3v) is 4.98. The van der Waals surface area contributed by atoms with Crippen LogP contribution in [0.3, 0.4) is 0 Å². The highest BCUT2D eigenvalue weighted by Gasteiger charge is 2.26. The molecule has 27 heavy (non-hydrogen) atoms. The van der Waals surface area contributed by atoms with Crippen molar-refractivity contribution in [2.45, 2.75) is 45.6 Å². The quantitative estimate of drug-likeness (QED) is 0.766. The minimum atomic E-state index is -0.0812. The molecule has 2 aromatic heterocycles. The number of nitrogens with zero attached hydrogens (tertiary/aromatic N) is 4. The lowest BCUT2D eigenvalue weighted by atomic mass is 10.0. The summed E-state index contributed by atoms with van der Waals surface area (Å²) in [6.45, 7) is 5.90. The maximum Gasteiger partial charge on any atom is 0.255 e. The lowest BCUT2D eigenvalue weighted by Crippen LogP contribution is -2.27. The van der Waals surface area contributed by atoms with Crippen LogP contribution in [0.4, 0.5) is 0 Å². The van der Waals surface area contributed by atoms with Gasteiger partial charge in [-0.25, -0.2) is 0 Å². The number of aryl methyl sites for hydroxylation is 3. The number of carbonyl (C=O) groups excluding carboxylic acids is 1. The second kappa shape index (κ2) is 6.64. The normalized spacial score (nSPS) is 16.0. The fraction of sp³-hybridized carbons (Fsp3) is 0.400. The van der Waals surface area contributed by atoms with Gasteiger partial charge in [-0.3, -0.25) is 9.48 Å². The molecule has 140 valence electrons. The minimum Gasteiger partial charge on any atom is -0.345 e. The molecule has 1 atom stereocenters. The maximum absolute atomic E-state index is 12.6. The molecule has 1 aliphatic rings. The van der Waals surface area contributed by atoms with Crippen molar-refractivity contribution in [1.29, 1.82) is 0 Å². The van der Waals surface area contributed by atoms with Gasteiger partial charge in [0.1, 0.15) is 0 Å². The zero-order valence-electron chi connectivity index (χ0n) is 16.0. The van der Waals surface area contributed by atoms with Crippen molar-refractivity contribution in [3.63, 3.8) is 0 Å². The first-order valence-corrected chi connectivity index (χ1v) is 9.20. The highest BCUT2D eigenvalue weighted by atomic mass is 16.5. The van der Waals surface area contributed by atoms with Gasteiger partial charge in [-0.1, -0.05) is 31.1 Å². The third-order valence-electron chi connectivity index (χ3n) is 4.98. The predicted octanol–water partition coefficient (Wildman–Crippen LogP) is 3.32. The Bertz CT molecular complexity index is 1000. The van der Waals surface area contributed by atoms with Gasteiger partial charge in [0.25, 0.3) is 5.91 Å². The van der Waals surface area contributed by atoms with E-state index in [4.69, 9.17) is 4.52 Å². The van der Waals surface area contributed by atoms with Gasteiger partial charge in [-0.15, -0.1) is 0 Å². The summed E-state index contributed by atoms with van der Waals surface area (Å²) < 4.78 is 6.97. The molecule has 0 saturated carbocycles. The van der Waals surface area contributed by atoms with Crippen LogP contribution in [0.25, 0.3) is 11.4 Å². The summed E-state index contributed by atoms with van der Waals surface area (Å²) in [6, 6.07) is 6.17. The van der Waals surface area contributed by atoms with Crippen LogP contribution in [-0.4, -0.2) is 25.8 Å². The first kappa shape index (κ1) is 17.5. The van der Waals surface area contributed by atoms with Crippen molar-refractivity contribution < 1.29 is 9.32 Å². The largest absolute Gasteiger partial charge is 0.345 e. The average molecular weight is 365 g/mol. The van der Waals surface area contributed by atoms with E-state index in [0.717, 1.165) is 29.7 Å². The molecule has 7 heteroatoms. The van der Waals surface area contributed by atoms with Crippen LogP contribution in [0.2, 0.25) is 0 Å². The van der Waals surface area contributed by atoms with Crippen molar-refractivity contribution in [2.24, 2.45) is 7.05 Å². The molecule has 1 aromatic carbocycles. The van der Waals surface area contributed by atoms with E-state index in [1.165, 1.54) is 5.56 Å². The number of aromatic nitrogens is 4. The molecular formula is C20H23N5O2. The summed E-state index contributed by atoms with van der Waals surface area (Å²) in [5.41, 5.74) is 4.68. The molecule has 2 heterocycles. The number of benzene rings is 1. The average Bonchev–Trinajstić information content (AvgIpc) is 3.33. The van der Waals surface area contributed by atoms with E-state index >= 15 is 0 Å². The number of hydrogen-bond acceptors (Lipinski definition) is 5. The van der Waals surface area contributed by atoms with Gasteiger partial charge in [-0.2, -0.15) is 10.1 Å². The van der Waals surface area contributed by atoms with Gasteiger partial charge >= 0.3 is 0 Å². The first-order chi connectivity index (χ1) is 12.9. The Hall–Kier alpha value is -2.96. The van der Waals surface area contributed by atoms with E-state index in [1.54, 1.807) is 10.9 Å². The van der Waals surface area contributed by atoms with Gasteiger partial charge in [0.05, 0.1) is 17.3 Å². The number of fused-ring (bicyclic) bond motifs is 1. The van der Waals surface area contributed by atoms with Crippen LogP contribution in [0.1, 0.15) is 65.3 Å². The Morgan fingerprint density at radius 3 is 2.85 bits per heavy atom. The summed E-state index contributed by atoms with van der Waals surface area (Å²) in [5, 5.41) is 11.5. The van der Waals surface area contributed by atoms with E-state index in [0.29, 0.717) is 17.3 Å². The lowest BCUT2D eigenvalue weighted by Gasteiger charge is -2.14. The van der Waals surface area contributed by atoms with Crippen LogP contribution < -0.4 is 5.32 Å². The highest BCUT2D eigenvalue weighted by molar-refractivity contribution is 5.95. The standard InChI is InChI=1S/C20H23N5O2/c1-11(2)20-22-18(24-27-20)14-5-7-15-13(9-14)6-8-17(15)21-19(26)16-10-25(4)23-12(16)3/h5,7,9-11,17H,6,8H2,1-4H3,(H,21,26). The number of rotatable bonds is 4. The van der Waals surface area contributed by atoms with Crippen LogP contribution in [0.15, 0.2) is 28.9 Å². The molecular weight excluding hydrogens is 342 g/mol. The summed E-state index contributed by atoms with van der Waals surface area (Å²) in [4.78, 5) is 17.1. The fourth-order valence-corrected chi connectivity index (χ4v) is 3.55. The summed E-state index contributed by atoms with van der Waals surface area (Å²) in [6.07, 6.45) is 3.55. The zero-order valence-corrected chi connectivity index (χ0v) is 16.0. The molecule has 0 fully saturated rings.